The van der Waals surface area contributed by atoms with Crippen LogP contribution in [0.3, 0.4) is 0 Å². The van der Waals surface area contributed by atoms with Crippen LogP contribution < -0.4 is 28.7 Å². The lowest BCUT2D eigenvalue weighted by Crippen LogP contribution is -2.23. The largest absolute Gasteiger partial charge is 0.388 e. The number of rotatable bonds is 16. The average molecular weight is 568 g/mol. The molecule has 0 unspecified atom stereocenters. The van der Waals surface area contributed by atoms with Gasteiger partial charge < -0.3 is 34.1 Å². The second kappa shape index (κ2) is 16.0. The number of guanidine groups is 2. The fourth-order valence-electron chi connectivity index (χ4n) is 4.98. The minimum absolute atomic E-state index is 0.0911. The number of benzene rings is 3. The van der Waals surface area contributed by atoms with Crippen LogP contribution in [0.15, 0.2) is 70.6 Å². The van der Waals surface area contributed by atoms with Gasteiger partial charge >= 0.3 is 0 Å². The molecule has 42 heavy (non-hydrogen) atoms. The molecule has 0 fully saturated rings. The third-order valence-electron chi connectivity index (χ3n) is 6.95. The van der Waals surface area contributed by atoms with Crippen molar-refractivity contribution in [2.75, 3.05) is 13.1 Å². The third kappa shape index (κ3) is 11.1. The molecule has 3 aromatic rings. The van der Waals surface area contributed by atoms with E-state index in [4.69, 9.17) is 39.5 Å². The van der Waals surface area contributed by atoms with E-state index in [9.17, 15) is 0 Å². The Morgan fingerprint density at radius 3 is 1.40 bits per heavy atom. The summed E-state index contributed by atoms with van der Waals surface area (Å²) in [7, 11) is 0. The van der Waals surface area contributed by atoms with Crippen LogP contribution in [-0.2, 0) is 25.7 Å². The summed E-state index contributed by atoms with van der Waals surface area (Å²) in [6.07, 6.45) is 6.32. The van der Waals surface area contributed by atoms with Crippen molar-refractivity contribution in [3.8, 4) is 22.3 Å². The number of hydrogen-bond donors (Lipinski definition) is 7. The molecule has 0 atom stereocenters. The Hall–Kier alpha value is -4.66. The lowest BCUT2D eigenvalue weighted by molar-refractivity contribution is 0.853. The molecular weight excluding hydrogens is 522 g/mol. The van der Waals surface area contributed by atoms with Gasteiger partial charge in [-0.3, -0.25) is 15.4 Å². The number of nitrogens with one attached hydrogen (secondary N) is 2. The summed E-state index contributed by atoms with van der Waals surface area (Å²) in [6.45, 7) is 2.91. The van der Waals surface area contributed by atoms with Gasteiger partial charge in [-0.15, -0.1) is 0 Å². The molecule has 3 rings (SSSR count). The maximum absolute atomic E-state index is 7.79. The smallest absolute Gasteiger partial charge is 0.185 e. The molecule has 0 spiro atoms. The van der Waals surface area contributed by atoms with E-state index in [2.05, 4.69) is 70.6 Å². The van der Waals surface area contributed by atoms with Gasteiger partial charge in [-0.25, -0.2) is 0 Å². The average Bonchev–Trinajstić information content (AvgIpc) is 2.92. The summed E-state index contributed by atoms with van der Waals surface area (Å²) < 4.78 is 0. The summed E-state index contributed by atoms with van der Waals surface area (Å²) >= 11 is 0. The van der Waals surface area contributed by atoms with Crippen LogP contribution in [0.25, 0.3) is 22.3 Å². The first-order chi connectivity index (χ1) is 20.1. The molecule has 0 amide bonds. The molecule has 0 saturated carbocycles. The zero-order chi connectivity index (χ0) is 30.5. The first-order valence-electron chi connectivity index (χ1n) is 14.4. The summed E-state index contributed by atoms with van der Waals surface area (Å²) in [5, 5.41) is 15.4. The molecule has 12 N–H and O–H groups in total. The molecule has 0 aromatic heterocycles. The molecular formula is C33H45N9. The standard InChI is InChI=1S/C33H45N9/c1-22(34)5-2-6-23-15-25(11-13-41-32(37)38)19-29(17-23)27-8-4-9-28(21-27)30-18-24(7-3-10-31(35)36)16-26(20-30)12-14-42-33(39)40/h4,8-9,15-21,34H,2-3,5-7,10-14H2,1H3,(H3,35,36)(H4,37,38,41)(H4,39,40,42). The Balaban J connectivity index is 1.97. The van der Waals surface area contributed by atoms with Crippen molar-refractivity contribution in [2.24, 2.45) is 38.7 Å². The van der Waals surface area contributed by atoms with E-state index in [1.165, 1.54) is 16.7 Å². The SMILES string of the molecule is CC(=N)CCCc1cc(CCN=C(N)N)cc(-c2cccc(-c3cc(CCCC(=N)N)cc(CCN=C(N)N)c3)c2)c1. The first-order valence-corrected chi connectivity index (χ1v) is 14.4. The zero-order valence-corrected chi connectivity index (χ0v) is 24.6. The van der Waals surface area contributed by atoms with Crippen molar-refractivity contribution in [1.29, 1.82) is 10.8 Å². The summed E-state index contributed by atoms with van der Waals surface area (Å²) in [5.41, 5.74) is 37.8. The summed E-state index contributed by atoms with van der Waals surface area (Å²) in [5.74, 6) is 0.398. The van der Waals surface area contributed by atoms with Gasteiger partial charge in [0.25, 0.3) is 0 Å². The molecule has 0 aliphatic carbocycles. The van der Waals surface area contributed by atoms with Gasteiger partial charge in [0.15, 0.2) is 11.9 Å². The van der Waals surface area contributed by atoms with Crippen molar-refractivity contribution in [1.82, 2.24) is 0 Å². The van der Waals surface area contributed by atoms with Crippen LogP contribution in [0.5, 0.6) is 0 Å². The van der Waals surface area contributed by atoms with Crippen molar-refractivity contribution in [2.45, 2.75) is 58.3 Å². The fourth-order valence-corrected chi connectivity index (χ4v) is 4.98. The summed E-state index contributed by atoms with van der Waals surface area (Å²) in [4.78, 5) is 8.34. The van der Waals surface area contributed by atoms with E-state index in [1.807, 2.05) is 6.92 Å². The van der Waals surface area contributed by atoms with Crippen molar-refractivity contribution >= 4 is 23.5 Å². The van der Waals surface area contributed by atoms with Crippen molar-refractivity contribution in [3.63, 3.8) is 0 Å². The van der Waals surface area contributed by atoms with Gasteiger partial charge in [0.2, 0.25) is 0 Å². The lowest BCUT2D eigenvalue weighted by atomic mass is 9.92. The van der Waals surface area contributed by atoms with Crippen LogP contribution in [0, 0.1) is 10.8 Å². The maximum Gasteiger partial charge on any atom is 0.185 e. The van der Waals surface area contributed by atoms with Gasteiger partial charge in [-0.2, -0.15) is 0 Å². The maximum atomic E-state index is 7.79. The van der Waals surface area contributed by atoms with Gasteiger partial charge in [-0.1, -0.05) is 54.6 Å². The summed E-state index contributed by atoms with van der Waals surface area (Å²) in [6, 6.07) is 21.9. The number of nitrogens with zero attached hydrogens (tertiary/aromatic N) is 2. The number of amidine groups is 1. The Bertz CT molecular complexity index is 1330. The molecule has 0 saturated heterocycles. The Kier molecular flexibility index (Phi) is 12.1. The number of nitrogens with two attached hydrogens (primary N) is 5. The molecule has 0 bridgehead atoms. The minimum atomic E-state index is 0.0911. The Morgan fingerprint density at radius 2 is 1.00 bits per heavy atom. The van der Waals surface area contributed by atoms with E-state index in [0.717, 1.165) is 72.8 Å². The van der Waals surface area contributed by atoms with E-state index >= 15 is 0 Å². The topological polar surface area (TPSA) is 203 Å². The molecule has 0 heterocycles. The molecule has 0 aliphatic heterocycles. The van der Waals surface area contributed by atoms with Crippen LogP contribution in [-0.4, -0.2) is 36.6 Å². The highest BCUT2D eigenvalue weighted by atomic mass is 15.0. The Labute approximate surface area is 249 Å². The van der Waals surface area contributed by atoms with Crippen LogP contribution in [0.4, 0.5) is 0 Å². The predicted molar refractivity (Wildman–Crippen MR) is 177 cm³/mol. The second-order valence-electron chi connectivity index (χ2n) is 10.8. The quantitative estimate of drug-likeness (QED) is 0.0998. The highest BCUT2D eigenvalue weighted by Gasteiger charge is 2.09. The molecule has 222 valence electrons. The van der Waals surface area contributed by atoms with E-state index < -0.39 is 0 Å². The van der Waals surface area contributed by atoms with Crippen LogP contribution in [0.1, 0.15) is 54.9 Å². The van der Waals surface area contributed by atoms with Crippen LogP contribution in [0.2, 0.25) is 0 Å². The van der Waals surface area contributed by atoms with E-state index in [0.29, 0.717) is 25.2 Å². The second-order valence-corrected chi connectivity index (χ2v) is 10.8. The van der Waals surface area contributed by atoms with Crippen molar-refractivity contribution < 1.29 is 0 Å². The Morgan fingerprint density at radius 1 is 0.571 bits per heavy atom. The molecule has 0 aliphatic rings. The fraction of sp³-hybridized carbons (Fsp3) is 0.333. The highest BCUT2D eigenvalue weighted by Crippen LogP contribution is 2.30. The van der Waals surface area contributed by atoms with Gasteiger partial charge in [-0.05, 0) is 102 Å². The first kappa shape index (κ1) is 31.9. The van der Waals surface area contributed by atoms with Gasteiger partial charge in [0.1, 0.15) is 0 Å². The molecule has 9 nitrogen and oxygen atoms in total. The predicted octanol–water partition coefficient (Wildman–Crippen LogP) is 4.27. The zero-order valence-electron chi connectivity index (χ0n) is 24.6. The normalized spacial score (nSPS) is 10.7. The molecule has 9 heteroatoms. The van der Waals surface area contributed by atoms with Crippen molar-refractivity contribution in [3.05, 3.63) is 82.9 Å². The monoisotopic (exact) mass is 567 g/mol. The van der Waals surface area contributed by atoms with E-state index in [-0.39, 0.29) is 17.8 Å². The lowest BCUT2D eigenvalue weighted by Gasteiger charge is -2.13. The third-order valence-corrected chi connectivity index (χ3v) is 6.95. The molecule has 3 aromatic carbocycles. The highest BCUT2D eigenvalue weighted by molar-refractivity contribution is 5.79. The number of aryl methyl sites for hydroxylation is 2. The van der Waals surface area contributed by atoms with Gasteiger partial charge in [0, 0.05) is 25.2 Å². The molecule has 0 radical (unpaired) electrons. The van der Waals surface area contributed by atoms with E-state index in [1.54, 1.807) is 0 Å². The number of hydrogen-bond acceptors (Lipinski definition) is 4. The minimum Gasteiger partial charge on any atom is -0.388 e. The number of aliphatic imine (C=N–C) groups is 2. The van der Waals surface area contributed by atoms with Crippen LogP contribution >= 0.6 is 0 Å². The van der Waals surface area contributed by atoms with Gasteiger partial charge in [0.05, 0.1) is 5.84 Å².